The summed E-state index contributed by atoms with van der Waals surface area (Å²) in [5.74, 6) is -10.9. The molecule has 0 aromatic carbocycles. The van der Waals surface area contributed by atoms with E-state index in [4.69, 9.17) is 20.4 Å². The molecule has 8 heteroatoms. The van der Waals surface area contributed by atoms with Crippen molar-refractivity contribution in [3.05, 3.63) is 0 Å². The van der Waals surface area contributed by atoms with Crippen LogP contribution in [-0.4, -0.2) is 44.3 Å². The van der Waals surface area contributed by atoms with E-state index in [1.54, 1.807) is 0 Å². The quantitative estimate of drug-likeness (QED) is 0.499. The van der Waals surface area contributed by atoms with Gasteiger partial charge in [0.15, 0.2) is 11.8 Å². The predicted octanol–water partition coefficient (Wildman–Crippen LogP) is 0.118. The monoisotopic (exact) mass is 274 g/mol. The van der Waals surface area contributed by atoms with Gasteiger partial charge in [-0.1, -0.05) is 12.8 Å². The molecule has 0 aliphatic heterocycles. The highest BCUT2D eigenvalue weighted by molar-refractivity contribution is 5.99. The Bertz CT molecular complexity index is 358. The van der Waals surface area contributed by atoms with Gasteiger partial charge >= 0.3 is 23.9 Å². The van der Waals surface area contributed by atoms with Crippen LogP contribution in [0.2, 0.25) is 0 Å². The lowest BCUT2D eigenvalue weighted by Crippen LogP contribution is -2.50. The Morgan fingerprint density at radius 2 is 0.947 bits per heavy atom. The smallest absolute Gasteiger partial charge is 0.318 e. The van der Waals surface area contributed by atoms with Gasteiger partial charge in [-0.25, -0.2) is 0 Å². The first-order valence-corrected chi connectivity index (χ1v) is 5.65. The van der Waals surface area contributed by atoms with Gasteiger partial charge < -0.3 is 20.4 Å². The Labute approximate surface area is 107 Å². The van der Waals surface area contributed by atoms with E-state index in [2.05, 4.69) is 0 Å². The van der Waals surface area contributed by atoms with Gasteiger partial charge in [0.05, 0.1) is 0 Å². The lowest BCUT2D eigenvalue weighted by atomic mass is 9.65. The molecule has 106 valence electrons. The molecule has 0 atom stereocenters. The average Bonchev–Trinajstić information content (AvgIpc) is 2.64. The second-order valence-corrected chi connectivity index (χ2v) is 4.66. The summed E-state index contributed by atoms with van der Waals surface area (Å²) in [6.07, 6.45) is 0.737. The SMILES string of the molecule is O=C(O)C(C(=O)O)C1(C(C(=O)O)C(=O)O)CCCC1. The molecule has 1 aliphatic carbocycles. The molecule has 8 nitrogen and oxygen atoms in total. The molecule has 1 fully saturated rings. The summed E-state index contributed by atoms with van der Waals surface area (Å²) in [5, 5.41) is 36.1. The Balaban J connectivity index is 3.37. The second-order valence-electron chi connectivity index (χ2n) is 4.66. The molecule has 0 radical (unpaired) electrons. The van der Waals surface area contributed by atoms with Crippen molar-refractivity contribution in [1.29, 1.82) is 0 Å². The van der Waals surface area contributed by atoms with Crippen molar-refractivity contribution in [3.8, 4) is 0 Å². The first kappa shape index (κ1) is 14.9. The molecule has 0 unspecified atom stereocenters. The summed E-state index contributed by atoms with van der Waals surface area (Å²) < 4.78 is 0. The summed E-state index contributed by atoms with van der Waals surface area (Å²) in [4.78, 5) is 44.5. The number of carbonyl (C=O) groups is 4. The molecule has 0 amide bonds. The van der Waals surface area contributed by atoms with Crippen molar-refractivity contribution in [2.45, 2.75) is 25.7 Å². The number of carboxylic acid groups (broad SMARTS) is 4. The van der Waals surface area contributed by atoms with Crippen molar-refractivity contribution < 1.29 is 39.6 Å². The number of rotatable bonds is 6. The van der Waals surface area contributed by atoms with Crippen molar-refractivity contribution >= 4 is 23.9 Å². The second kappa shape index (κ2) is 5.25. The van der Waals surface area contributed by atoms with Crippen LogP contribution >= 0.6 is 0 Å². The maximum Gasteiger partial charge on any atom is 0.318 e. The predicted molar refractivity (Wildman–Crippen MR) is 58.4 cm³/mol. The van der Waals surface area contributed by atoms with Crippen LogP contribution in [0.25, 0.3) is 0 Å². The van der Waals surface area contributed by atoms with Gasteiger partial charge in [-0.15, -0.1) is 0 Å². The van der Waals surface area contributed by atoms with Gasteiger partial charge in [-0.2, -0.15) is 0 Å². The van der Waals surface area contributed by atoms with Crippen LogP contribution in [0.5, 0.6) is 0 Å². The Kier molecular flexibility index (Phi) is 4.13. The molecule has 0 spiro atoms. The minimum atomic E-state index is -2.04. The number of hydrogen-bond acceptors (Lipinski definition) is 4. The number of hydrogen-bond donors (Lipinski definition) is 4. The normalized spacial score (nSPS) is 17.6. The molecule has 4 N–H and O–H groups in total. The number of aliphatic carboxylic acids is 4. The van der Waals surface area contributed by atoms with E-state index >= 15 is 0 Å². The van der Waals surface area contributed by atoms with Crippen molar-refractivity contribution in [2.24, 2.45) is 17.3 Å². The maximum absolute atomic E-state index is 11.1. The van der Waals surface area contributed by atoms with E-state index < -0.39 is 41.1 Å². The van der Waals surface area contributed by atoms with E-state index in [1.165, 1.54) is 0 Å². The third-order valence-corrected chi connectivity index (χ3v) is 3.67. The van der Waals surface area contributed by atoms with E-state index in [0.717, 1.165) is 0 Å². The van der Waals surface area contributed by atoms with E-state index in [-0.39, 0.29) is 12.8 Å². The van der Waals surface area contributed by atoms with Gasteiger partial charge in [0, 0.05) is 5.41 Å². The largest absolute Gasteiger partial charge is 0.481 e. The Morgan fingerprint density at radius 3 is 1.16 bits per heavy atom. The Morgan fingerprint density at radius 1 is 0.684 bits per heavy atom. The average molecular weight is 274 g/mol. The zero-order valence-electron chi connectivity index (χ0n) is 9.90. The lowest BCUT2D eigenvalue weighted by Gasteiger charge is -2.35. The van der Waals surface area contributed by atoms with Crippen LogP contribution in [0, 0.1) is 17.3 Å². The van der Waals surface area contributed by atoms with Crippen LogP contribution in [0.1, 0.15) is 25.7 Å². The molecule has 0 saturated heterocycles. The zero-order valence-corrected chi connectivity index (χ0v) is 9.90. The van der Waals surface area contributed by atoms with Gasteiger partial charge in [-0.3, -0.25) is 19.2 Å². The first-order chi connectivity index (χ1) is 8.74. The van der Waals surface area contributed by atoms with E-state index in [1.807, 2.05) is 0 Å². The molecule has 0 aromatic heterocycles. The lowest BCUT2D eigenvalue weighted by molar-refractivity contribution is -0.172. The van der Waals surface area contributed by atoms with Crippen LogP contribution in [0.3, 0.4) is 0 Å². The third kappa shape index (κ3) is 2.51. The zero-order chi connectivity index (χ0) is 14.8. The minimum Gasteiger partial charge on any atom is -0.481 e. The third-order valence-electron chi connectivity index (χ3n) is 3.67. The summed E-state index contributed by atoms with van der Waals surface area (Å²) in [7, 11) is 0. The van der Waals surface area contributed by atoms with Crippen molar-refractivity contribution in [2.75, 3.05) is 0 Å². The summed E-state index contributed by atoms with van der Waals surface area (Å²) in [6.45, 7) is 0. The molecule has 0 bridgehead atoms. The summed E-state index contributed by atoms with van der Waals surface area (Å²) in [6, 6.07) is 0. The fourth-order valence-corrected chi connectivity index (χ4v) is 2.97. The highest BCUT2D eigenvalue weighted by atomic mass is 16.4. The van der Waals surface area contributed by atoms with Crippen LogP contribution in [0.15, 0.2) is 0 Å². The van der Waals surface area contributed by atoms with Crippen LogP contribution in [-0.2, 0) is 19.2 Å². The molecule has 1 rings (SSSR count). The fourth-order valence-electron chi connectivity index (χ4n) is 2.97. The van der Waals surface area contributed by atoms with E-state index in [9.17, 15) is 19.2 Å². The minimum absolute atomic E-state index is 0.0421. The highest BCUT2D eigenvalue weighted by Gasteiger charge is 2.59. The molecule has 19 heavy (non-hydrogen) atoms. The molecular weight excluding hydrogens is 260 g/mol. The van der Waals surface area contributed by atoms with Crippen molar-refractivity contribution in [1.82, 2.24) is 0 Å². The van der Waals surface area contributed by atoms with Gasteiger partial charge in [0.25, 0.3) is 0 Å². The topological polar surface area (TPSA) is 149 Å². The molecule has 1 saturated carbocycles. The molecule has 0 heterocycles. The van der Waals surface area contributed by atoms with Gasteiger partial charge in [0.2, 0.25) is 0 Å². The summed E-state index contributed by atoms with van der Waals surface area (Å²) >= 11 is 0. The maximum atomic E-state index is 11.1. The standard InChI is InChI=1S/C11H14O8/c12-7(13)5(8(14)15)11(3-1-2-4-11)6(9(16)17)10(18)19/h5-6H,1-4H2,(H,12,13)(H,14,15)(H,16,17)(H,18,19). The molecular formula is C11H14O8. The van der Waals surface area contributed by atoms with Crippen molar-refractivity contribution in [3.63, 3.8) is 0 Å². The molecule has 1 aliphatic rings. The van der Waals surface area contributed by atoms with E-state index in [0.29, 0.717) is 12.8 Å². The van der Waals surface area contributed by atoms with Gasteiger partial charge in [-0.05, 0) is 12.8 Å². The van der Waals surface area contributed by atoms with Crippen LogP contribution < -0.4 is 0 Å². The highest BCUT2D eigenvalue weighted by Crippen LogP contribution is 2.50. The first-order valence-electron chi connectivity index (χ1n) is 5.65. The van der Waals surface area contributed by atoms with Crippen LogP contribution in [0.4, 0.5) is 0 Å². The number of carboxylic acids is 4. The molecule has 0 aromatic rings. The Hall–Kier alpha value is -2.12. The van der Waals surface area contributed by atoms with Gasteiger partial charge in [0.1, 0.15) is 0 Å². The fraction of sp³-hybridized carbons (Fsp3) is 0.636. The summed E-state index contributed by atoms with van der Waals surface area (Å²) in [5.41, 5.74) is -1.78.